The fraction of sp³-hybridized carbons (Fsp3) is 0.632. The van der Waals surface area contributed by atoms with Crippen molar-refractivity contribution >= 4 is 17.9 Å². The molecule has 77 heavy (non-hydrogen) atoms. The van der Waals surface area contributed by atoms with Crippen LogP contribution < -0.4 is 5.11 Å². The molecule has 0 aliphatic heterocycles. The maximum absolute atomic E-state index is 12.9. The summed E-state index contributed by atoms with van der Waals surface area (Å²) in [7, 11) is 5.90. The highest BCUT2D eigenvalue weighted by molar-refractivity contribution is 5.70. The second-order valence-electron chi connectivity index (χ2n) is 20.9. The van der Waals surface area contributed by atoms with Gasteiger partial charge in [-0.15, -0.1) is 0 Å². The van der Waals surface area contributed by atoms with Gasteiger partial charge in [0.2, 0.25) is 0 Å². The molecule has 0 N–H and O–H groups in total. The SMILES string of the molecule is CC/C=C\C/C=C\C/C=C\C/C=C\C/C=C\C/C=C\CCCCCCC(=O)OC(COC(=O)CCCCCCCCCCCCCCC/C=C\C/C=C\C/C=C\C/C=C\C/C=C\CC)COC(OCC[N+](C)(C)C)C(=O)[O-]. The molecule has 0 rings (SSSR count). The summed E-state index contributed by atoms with van der Waals surface area (Å²) in [6, 6.07) is 0. The van der Waals surface area contributed by atoms with Gasteiger partial charge in [0.05, 0.1) is 40.3 Å². The summed E-state index contributed by atoms with van der Waals surface area (Å²) in [6.07, 6.45) is 79.3. The van der Waals surface area contributed by atoms with E-state index in [9.17, 15) is 19.5 Å². The number of allylic oxidation sites excluding steroid dienone is 22. The van der Waals surface area contributed by atoms with Crippen molar-refractivity contribution in [3.63, 3.8) is 0 Å². The van der Waals surface area contributed by atoms with Gasteiger partial charge in [-0.05, 0) is 109 Å². The molecule has 0 radical (unpaired) electrons. The highest BCUT2D eigenvalue weighted by Crippen LogP contribution is 2.15. The van der Waals surface area contributed by atoms with Crippen LogP contribution in [0.3, 0.4) is 0 Å². The van der Waals surface area contributed by atoms with Crippen molar-refractivity contribution in [3.8, 4) is 0 Å². The molecule has 0 amide bonds. The molecular formula is C68H111NO8. The topological polar surface area (TPSA) is 111 Å². The molecule has 9 nitrogen and oxygen atoms in total. The number of unbranched alkanes of at least 4 members (excludes halogenated alkanes) is 17. The Morgan fingerprint density at radius 1 is 0.390 bits per heavy atom. The van der Waals surface area contributed by atoms with E-state index in [1.54, 1.807) is 0 Å². The zero-order valence-electron chi connectivity index (χ0n) is 49.5. The van der Waals surface area contributed by atoms with E-state index in [0.29, 0.717) is 17.4 Å². The lowest BCUT2D eigenvalue weighted by molar-refractivity contribution is -0.870. The number of rotatable bonds is 54. The van der Waals surface area contributed by atoms with Crippen LogP contribution in [0.2, 0.25) is 0 Å². The maximum atomic E-state index is 12.9. The predicted molar refractivity (Wildman–Crippen MR) is 324 cm³/mol. The highest BCUT2D eigenvalue weighted by atomic mass is 16.7. The van der Waals surface area contributed by atoms with E-state index in [4.69, 9.17) is 18.9 Å². The number of carbonyl (C=O) groups is 3. The van der Waals surface area contributed by atoms with Gasteiger partial charge in [-0.25, -0.2) is 0 Å². The highest BCUT2D eigenvalue weighted by Gasteiger charge is 2.22. The third-order valence-electron chi connectivity index (χ3n) is 12.4. The van der Waals surface area contributed by atoms with Crippen molar-refractivity contribution in [2.45, 2.75) is 232 Å². The average molecular weight is 1070 g/mol. The fourth-order valence-corrected chi connectivity index (χ4v) is 7.80. The molecule has 0 fully saturated rings. The summed E-state index contributed by atoms with van der Waals surface area (Å²) in [5.41, 5.74) is 0. The predicted octanol–water partition coefficient (Wildman–Crippen LogP) is 16.9. The Morgan fingerprint density at radius 3 is 1.04 bits per heavy atom. The summed E-state index contributed by atoms with van der Waals surface area (Å²) in [4.78, 5) is 37.4. The van der Waals surface area contributed by atoms with Crippen LogP contribution in [0.5, 0.6) is 0 Å². The Morgan fingerprint density at radius 2 is 0.701 bits per heavy atom. The van der Waals surface area contributed by atoms with Crippen molar-refractivity contribution in [1.29, 1.82) is 0 Å². The first kappa shape index (κ1) is 72.4. The molecule has 0 spiro atoms. The zero-order chi connectivity index (χ0) is 56.2. The first-order valence-electron chi connectivity index (χ1n) is 30.3. The van der Waals surface area contributed by atoms with E-state index in [2.05, 4.69) is 148 Å². The molecule has 9 heteroatoms. The Labute approximate surface area is 471 Å². The molecule has 436 valence electrons. The second-order valence-corrected chi connectivity index (χ2v) is 20.9. The first-order chi connectivity index (χ1) is 37.6. The van der Waals surface area contributed by atoms with Crippen LogP contribution in [-0.4, -0.2) is 82.3 Å². The number of hydrogen-bond acceptors (Lipinski definition) is 8. The van der Waals surface area contributed by atoms with Crippen molar-refractivity contribution in [1.82, 2.24) is 0 Å². The number of likely N-dealkylation sites (N-methyl/N-ethyl adjacent to an activating group) is 1. The van der Waals surface area contributed by atoms with Gasteiger partial charge in [0.15, 0.2) is 12.4 Å². The lowest BCUT2D eigenvalue weighted by Crippen LogP contribution is -2.44. The molecule has 0 aliphatic carbocycles. The lowest BCUT2D eigenvalue weighted by atomic mass is 10.0. The number of quaternary nitrogens is 1. The molecule has 0 saturated carbocycles. The van der Waals surface area contributed by atoms with E-state index in [0.717, 1.165) is 116 Å². The molecule has 2 unspecified atom stereocenters. The molecule has 0 bridgehead atoms. The summed E-state index contributed by atoms with van der Waals surface area (Å²) in [5.74, 6) is -2.33. The van der Waals surface area contributed by atoms with Crippen LogP contribution in [0.25, 0.3) is 0 Å². The molecule has 0 aromatic heterocycles. The van der Waals surface area contributed by atoms with Crippen molar-refractivity contribution in [2.75, 3.05) is 47.5 Å². The minimum atomic E-state index is -1.64. The van der Waals surface area contributed by atoms with Crippen LogP contribution in [0.4, 0.5) is 0 Å². The number of ether oxygens (including phenoxy) is 4. The van der Waals surface area contributed by atoms with Gasteiger partial charge in [0, 0.05) is 12.8 Å². The molecule has 0 saturated heterocycles. The number of carboxylic acids is 1. The third kappa shape index (κ3) is 58.9. The summed E-state index contributed by atoms with van der Waals surface area (Å²) < 4.78 is 22.7. The number of hydrogen-bond donors (Lipinski definition) is 0. The molecule has 0 aromatic rings. The van der Waals surface area contributed by atoms with Crippen LogP contribution >= 0.6 is 0 Å². The number of esters is 2. The maximum Gasteiger partial charge on any atom is 0.306 e. The van der Waals surface area contributed by atoms with Crippen LogP contribution in [0.1, 0.15) is 219 Å². The molecule has 0 aliphatic rings. The average Bonchev–Trinajstić information content (AvgIpc) is 3.40. The third-order valence-corrected chi connectivity index (χ3v) is 12.4. The Hall–Kier alpha value is -4.57. The van der Waals surface area contributed by atoms with Crippen LogP contribution in [-0.2, 0) is 33.3 Å². The van der Waals surface area contributed by atoms with Gasteiger partial charge in [-0.1, -0.05) is 231 Å². The Bertz CT molecular complexity index is 1720. The minimum absolute atomic E-state index is 0.135. The first-order valence-corrected chi connectivity index (χ1v) is 30.3. The van der Waals surface area contributed by atoms with E-state index in [1.807, 2.05) is 21.1 Å². The standard InChI is InChI=1S/C68H111NO8/c1-6-8-10-12-14-16-18-20-22-24-26-28-30-31-32-33-34-35-37-38-40-42-44-46-48-50-52-54-56-58-65(70)75-62-64(63-76-68(67(72)73)74-61-60-69(3,4)5)77-66(71)59-57-55-53-51-49-47-45-43-41-39-36-29-27-25-23-21-19-17-15-13-11-9-7-2/h8-11,14-17,20-23,26-29,31-32,39,41,45,47,64,68H,6-7,12-13,18-19,24-25,30,33-38,40,42-44,46,48-63H2,1-5H3/b10-8-,11-9-,16-14-,17-15-,22-20-,23-21-,28-26-,29-27-,32-31-,41-39-,47-45-. The fourth-order valence-electron chi connectivity index (χ4n) is 7.80. The second kappa shape index (κ2) is 57.6. The molecule has 0 heterocycles. The quantitative estimate of drug-likeness (QED) is 0.0195. The van der Waals surface area contributed by atoms with E-state index >= 15 is 0 Å². The molecular weight excluding hydrogens is 959 g/mol. The van der Waals surface area contributed by atoms with E-state index < -0.39 is 24.3 Å². The van der Waals surface area contributed by atoms with Gasteiger partial charge in [0.1, 0.15) is 13.2 Å². The smallest absolute Gasteiger partial charge is 0.306 e. The van der Waals surface area contributed by atoms with Gasteiger partial charge in [0.25, 0.3) is 0 Å². The van der Waals surface area contributed by atoms with Crippen LogP contribution in [0, 0.1) is 0 Å². The van der Waals surface area contributed by atoms with Crippen LogP contribution in [0.15, 0.2) is 134 Å². The normalized spacial score (nSPS) is 13.7. The van der Waals surface area contributed by atoms with Gasteiger partial charge in [-0.2, -0.15) is 0 Å². The van der Waals surface area contributed by atoms with Crippen molar-refractivity contribution in [2.24, 2.45) is 0 Å². The Balaban J connectivity index is 4.28. The van der Waals surface area contributed by atoms with E-state index in [-0.39, 0.29) is 38.6 Å². The largest absolute Gasteiger partial charge is 0.545 e. The van der Waals surface area contributed by atoms with Gasteiger partial charge in [-0.3, -0.25) is 9.59 Å². The number of nitrogens with zero attached hydrogens (tertiary/aromatic N) is 1. The van der Waals surface area contributed by atoms with Gasteiger partial charge < -0.3 is 33.3 Å². The minimum Gasteiger partial charge on any atom is -0.545 e. The summed E-state index contributed by atoms with van der Waals surface area (Å²) in [6.45, 7) is 4.47. The van der Waals surface area contributed by atoms with Crippen molar-refractivity contribution in [3.05, 3.63) is 134 Å². The Kier molecular flexibility index (Phi) is 54.2. The summed E-state index contributed by atoms with van der Waals surface area (Å²) in [5, 5.41) is 11.8. The zero-order valence-corrected chi connectivity index (χ0v) is 49.5. The number of aliphatic carboxylic acids is 1. The van der Waals surface area contributed by atoms with E-state index in [1.165, 1.54) is 70.6 Å². The summed E-state index contributed by atoms with van der Waals surface area (Å²) >= 11 is 0. The number of carboxylic acid groups (broad SMARTS) is 1. The molecule has 2 atom stereocenters. The van der Waals surface area contributed by atoms with Crippen molar-refractivity contribution < 1.29 is 42.9 Å². The number of carbonyl (C=O) groups excluding carboxylic acids is 3. The molecule has 0 aromatic carbocycles. The monoisotopic (exact) mass is 1070 g/mol. The lowest BCUT2D eigenvalue weighted by Gasteiger charge is -2.26. The van der Waals surface area contributed by atoms with Gasteiger partial charge >= 0.3 is 11.9 Å².